The molecule has 0 aliphatic carbocycles. The van der Waals surface area contributed by atoms with Gasteiger partial charge in [-0.1, -0.05) is 0 Å². The molecule has 9 heavy (non-hydrogen) atoms. The van der Waals surface area contributed by atoms with Crippen LogP contribution in [0.2, 0.25) is 0 Å². The zero-order chi connectivity index (χ0) is 7.33. The third-order valence-corrected chi connectivity index (χ3v) is 1.11. The van der Waals surface area contributed by atoms with Crippen molar-refractivity contribution in [2.75, 3.05) is 19.8 Å². The maximum Gasteiger partial charge on any atom is 0.134 e. The van der Waals surface area contributed by atoms with Crippen molar-refractivity contribution in [2.24, 2.45) is 0 Å². The Hall–Kier alpha value is 0.270. The summed E-state index contributed by atoms with van der Waals surface area (Å²) in [6.45, 7) is -1.10. The largest absolute Gasteiger partial charge is 0.393 e. The van der Waals surface area contributed by atoms with Gasteiger partial charge in [0.15, 0.2) is 0 Å². The van der Waals surface area contributed by atoms with Crippen LogP contribution in [-0.4, -0.2) is 40.7 Å². The second-order valence-corrected chi connectivity index (χ2v) is 2.18. The average molecular weight is 154 g/mol. The number of hydrogen-bond donors (Lipinski definition) is 3. The minimum atomic E-state index is -1.50. The highest BCUT2D eigenvalue weighted by atomic mass is 31.0. The van der Waals surface area contributed by atoms with Crippen LogP contribution in [-0.2, 0) is 4.52 Å². The Bertz CT molecular complexity index is 73.0. The van der Waals surface area contributed by atoms with Gasteiger partial charge < -0.3 is 19.8 Å². The van der Waals surface area contributed by atoms with Gasteiger partial charge in [-0.25, -0.2) is 0 Å². The van der Waals surface area contributed by atoms with E-state index in [0.29, 0.717) is 0 Å². The Morgan fingerprint density at radius 1 is 1.33 bits per heavy atom. The van der Waals surface area contributed by atoms with E-state index in [1.807, 2.05) is 9.47 Å². The highest BCUT2D eigenvalue weighted by Gasteiger charge is 2.24. The van der Waals surface area contributed by atoms with Crippen LogP contribution in [0.25, 0.3) is 0 Å². The molecule has 0 radical (unpaired) electrons. The Labute approximate surface area is 55.7 Å². The first-order valence-corrected chi connectivity index (χ1v) is 2.91. The van der Waals surface area contributed by atoms with Crippen LogP contribution in [0.1, 0.15) is 0 Å². The van der Waals surface area contributed by atoms with Gasteiger partial charge in [-0.2, -0.15) is 0 Å². The summed E-state index contributed by atoms with van der Waals surface area (Å²) in [5, 5.41) is 25.8. The van der Waals surface area contributed by atoms with Gasteiger partial charge >= 0.3 is 0 Å². The molecular weight excluding hydrogens is 143 g/mol. The van der Waals surface area contributed by atoms with Gasteiger partial charge in [0.25, 0.3) is 0 Å². The van der Waals surface area contributed by atoms with Crippen LogP contribution in [0, 0.1) is 0 Å². The fraction of sp³-hybridized carbons (Fsp3) is 1.00. The Morgan fingerprint density at radius 2 is 1.78 bits per heavy atom. The van der Waals surface area contributed by atoms with Gasteiger partial charge in [0.2, 0.25) is 0 Å². The first kappa shape index (κ1) is 9.27. The van der Waals surface area contributed by atoms with Crippen LogP contribution in [0.3, 0.4) is 0 Å². The lowest BCUT2D eigenvalue weighted by Gasteiger charge is -2.21. The third kappa shape index (κ3) is 3.08. The van der Waals surface area contributed by atoms with Crippen molar-refractivity contribution in [3.8, 4) is 0 Å². The third-order valence-electron chi connectivity index (χ3n) is 0.941. The molecule has 0 spiro atoms. The van der Waals surface area contributed by atoms with Crippen LogP contribution in [0.5, 0.6) is 0 Å². The SMILES string of the molecule is OCC(O)(CO)COP. The summed E-state index contributed by atoms with van der Waals surface area (Å²) in [5.74, 6) is 0. The normalized spacial score (nSPS) is 12.0. The molecule has 0 rings (SSSR count). The van der Waals surface area contributed by atoms with Gasteiger partial charge in [0, 0.05) is 9.47 Å². The minimum Gasteiger partial charge on any atom is -0.393 e. The average Bonchev–Trinajstić information content (AvgIpc) is 1.89. The predicted molar refractivity (Wildman–Crippen MR) is 34.8 cm³/mol. The topological polar surface area (TPSA) is 69.9 Å². The number of aliphatic hydroxyl groups is 3. The first-order chi connectivity index (χ1) is 4.18. The van der Waals surface area contributed by atoms with Crippen molar-refractivity contribution in [1.29, 1.82) is 0 Å². The summed E-state index contributed by atoms with van der Waals surface area (Å²) in [6, 6.07) is 0. The van der Waals surface area contributed by atoms with E-state index in [4.69, 9.17) is 15.3 Å². The highest BCUT2D eigenvalue weighted by molar-refractivity contribution is 7.09. The lowest BCUT2D eigenvalue weighted by molar-refractivity contribution is -0.0776. The molecule has 0 aliphatic heterocycles. The zero-order valence-electron chi connectivity index (χ0n) is 4.95. The molecule has 0 bridgehead atoms. The Kier molecular flexibility index (Phi) is 4.27. The van der Waals surface area contributed by atoms with E-state index in [2.05, 4.69) is 4.52 Å². The van der Waals surface area contributed by atoms with E-state index in [1.165, 1.54) is 0 Å². The van der Waals surface area contributed by atoms with Crippen molar-refractivity contribution in [3.63, 3.8) is 0 Å². The zero-order valence-corrected chi connectivity index (χ0v) is 6.10. The molecule has 0 saturated carbocycles. The highest BCUT2D eigenvalue weighted by Crippen LogP contribution is 2.04. The molecular formula is C4H11O4P. The van der Waals surface area contributed by atoms with E-state index in [1.54, 1.807) is 0 Å². The van der Waals surface area contributed by atoms with E-state index in [9.17, 15) is 0 Å². The maximum absolute atomic E-state index is 8.99. The van der Waals surface area contributed by atoms with Crippen LogP contribution in [0.15, 0.2) is 0 Å². The summed E-state index contributed by atoms with van der Waals surface area (Å²) < 4.78 is 4.44. The number of rotatable bonds is 4. The molecule has 4 nitrogen and oxygen atoms in total. The molecule has 1 atom stereocenters. The van der Waals surface area contributed by atoms with Crippen molar-refractivity contribution < 1.29 is 19.8 Å². The Morgan fingerprint density at radius 3 is 1.89 bits per heavy atom. The molecule has 0 amide bonds. The molecule has 0 aromatic carbocycles. The van der Waals surface area contributed by atoms with Gasteiger partial charge in [-0.05, 0) is 0 Å². The predicted octanol–water partition coefficient (Wildman–Crippen LogP) is -1.49. The van der Waals surface area contributed by atoms with Crippen molar-refractivity contribution >= 4 is 9.47 Å². The standard InChI is InChI=1S/C4H11O4P/c5-1-4(7,2-6)3-8-9/h5-7H,1-3,9H2. The molecule has 0 saturated heterocycles. The fourth-order valence-electron chi connectivity index (χ4n) is 0.296. The smallest absolute Gasteiger partial charge is 0.134 e. The molecule has 0 aromatic rings. The minimum absolute atomic E-state index is 0.0926. The second-order valence-electron chi connectivity index (χ2n) is 1.85. The van der Waals surface area contributed by atoms with E-state index < -0.39 is 18.8 Å². The van der Waals surface area contributed by atoms with Crippen molar-refractivity contribution in [2.45, 2.75) is 5.60 Å². The summed E-state index contributed by atoms with van der Waals surface area (Å²) in [6.07, 6.45) is 0. The molecule has 3 N–H and O–H groups in total. The summed E-state index contributed by atoms with van der Waals surface area (Å²) in [4.78, 5) is 0. The number of hydrogen-bond acceptors (Lipinski definition) is 4. The van der Waals surface area contributed by atoms with Gasteiger partial charge in [0.1, 0.15) is 5.60 Å². The van der Waals surface area contributed by atoms with Gasteiger partial charge in [0.05, 0.1) is 19.8 Å². The van der Waals surface area contributed by atoms with Gasteiger partial charge in [-0.3, -0.25) is 0 Å². The monoisotopic (exact) mass is 154 g/mol. The van der Waals surface area contributed by atoms with Crippen LogP contribution >= 0.6 is 9.47 Å². The first-order valence-electron chi connectivity index (χ1n) is 2.44. The summed E-state index contributed by atoms with van der Waals surface area (Å²) in [5.41, 5.74) is -1.50. The lowest BCUT2D eigenvalue weighted by Crippen LogP contribution is -2.41. The molecule has 0 fully saturated rings. The van der Waals surface area contributed by atoms with Gasteiger partial charge in [-0.15, -0.1) is 0 Å². The van der Waals surface area contributed by atoms with Crippen molar-refractivity contribution in [3.05, 3.63) is 0 Å². The van der Waals surface area contributed by atoms with Crippen molar-refractivity contribution in [1.82, 2.24) is 0 Å². The molecule has 1 unspecified atom stereocenters. The quantitative estimate of drug-likeness (QED) is 0.431. The molecule has 5 heteroatoms. The van der Waals surface area contributed by atoms with E-state index >= 15 is 0 Å². The van der Waals surface area contributed by atoms with Crippen LogP contribution < -0.4 is 0 Å². The summed E-state index contributed by atoms with van der Waals surface area (Å²) in [7, 11) is 1.92. The fourth-order valence-corrected chi connectivity index (χ4v) is 0.607. The molecule has 0 aliphatic rings. The Balaban J connectivity index is 3.62. The molecule has 0 heterocycles. The molecule has 0 aromatic heterocycles. The lowest BCUT2D eigenvalue weighted by atomic mass is 10.1. The van der Waals surface area contributed by atoms with E-state index in [0.717, 1.165) is 0 Å². The molecule has 56 valence electrons. The van der Waals surface area contributed by atoms with E-state index in [-0.39, 0.29) is 6.61 Å². The van der Waals surface area contributed by atoms with Crippen LogP contribution in [0.4, 0.5) is 0 Å². The summed E-state index contributed by atoms with van der Waals surface area (Å²) >= 11 is 0. The second kappa shape index (κ2) is 4.14. The number of aliphatic hydroxyl groups excluding tert-OH is 2. The maximum atomic E-state index is 8.99.